The molecule has 3 aromatic rings. The van der Waals surface area contributed by atoms with Crippen LogP contribution in [-0.4, -0.2) is 55.3 Å². The van der Waals surface area contributed by atoms with Crippen LogP contribution in [-0.2, 0) is 13.8 Å². The van der Waals surface area contributed by atoms with E-state index in [1.54, 1.807) is 48.5 Å². The zero-order valence-electron chi connectivity index (χ0n) is 18.9. The Balaban J connectivity index is 1.54. The van der Waals surface area contributed by atoms with E-state index in [0.717, 1.165) is 16.3 Å². The van der Waals surface area contributed by atoms with E-state index in [0.29, 0.717) is 5.56 Å². The topological polar surface area (TPSA) is 157 Å². The second kappa shape index (κ2) is 11.4. The highest BCUT2D eigenvalue weighted by Gasteiger charge is 2.49. The van der Waals surface area contributed by atoms with Gasteiger partial charge in [0.2, 0.25) is 0 Å². The predicted octanol–water partition coefficient (Wildman–Crippen LogP) is 2.78. The first-order valence-electron chi connectivity index (χ1n) is 10.8. The molecule has 0 radical (unpaired) electrons. The standard InChI is InChI=1S/C23H21FN3O8PS/c24-18-19(35-22(29)15-9-5-2-6-10-15)16(13-34-36(31,32)33)37-21(18)27-12-11-17(26-23(27)30)25-20(28)14-7-3-1-4-8-14/h1-12,16,18-19,21H,13H2,(H2,31,32,33)(H,25,26,28,30)/t16-,18+,19-,21-/m1/s1. The number of phosphoric ester groups is 1. The molecule has 0 aliphatic carbocycles. The van der Waals surface area contributed by atoms with Crippen molar-refractivity contribution < 1.29 is 37.6 Å². The highest BCUT2D eigenvalue weighted by molar-refractivity contribution is 8.00. The van der Waals surface area contributed by atoms with Crippen LogP contribution >= 0.6 is 19.6 Å². The number of ether oxygens (including phenoxy) is 1. The molecule has 1 saturated heterocycles. The number of esters is 1. The van der Waals surface area contributed by atoms with Crippen molar-refractivity contribution in [2.45, 2.75) is 22.9 Å². The number of carbonyl (C=O) groups excluding carboxylic acids is 2. The number of rotatable bonds is 8. The maximum Gasteiger partial charge on any atom is 0.469 e. The van der Waals surface area contributed by atoms with Gasteiger partial charge >= 0.3 is 19.5 Å². The van der Waals surface area contributed by atoms with Crippen LogP contribution in [0.3, 0.4) is 0 Å². The number of hydrogen-bond donors (Lipinski definition) is 3. The van der Waals surface area contributed by atoms with Crippen LogP contribution in [0.5, 0.6) is 0 Å². The summed E-state index contributed by atoms with van der Waals surface area (Å²) in [4.78, 5) is 59.6. The molecule has 11 nitrogen and oxygen atoms in total. The summed E-state index contributed by atoms with van der Waals surface area (Å²) in [5.74, 6) is -1.39. The van der Waals surface area contributed by atoms with E-state index in [1.165, 1.54) is 24.4 Å². The Bertz CT molecular complexity index is 1370. The molecule has 2 heterocycles. The summed E-state index contributed by atoms with van der Waals surface area (Å²) < 4.78 is 37.6. The van der Waals surface area contributed by atoms with Gasteiger partial charge in [-0.25, -0.2) is 18.5 Å². The largest absolute Gasteiger partial charge is 0.469 e. The Kier molecular flexibility index (Phi) is 8.20. The zero-order chi connectivity index (χ0) is 26.6. The van der Waals surface area contributed by atoms with E-state index in [9.17, 15) is 18.9 Å². The lowest BCUT2D eigenvalue weighted by Gasteiger charge is -2.21. The van der Waals surface area contributed by atoms with E-state index in [2.05, 4.69) is 14.8 Å². The van der Waals surface area contributed by atoms with Crippen LogP contribution in [0.15, 0.2) is 77.7 Å². The number of halogens is 1. The molecule has 14 heteroatoms. The van der Waals surface area contributed by atoms with Gasteiger partial charge in [-0.3, -0.25) is 13.9 Å². The molecule has 2 aromatic carbocycles. The third kappa shape index (κ3) is 6.70. The molecule has 0 bridgehead atoms. The monoisotopic (exact) mass is 549 g/mol. The number of benzene rings is 2. The van der Waals surface area contributed by atoms with Gasteiger partial charge in [0.15, 0.2) is 12.3 Å². The summed E-state index contributed by atoms with van der Waals surface area (Å²) in [6, 6.07) is 17.3. The van der Waals surface area contributed by atoms with E-state index in [1.807, 2.05) is 0 Å². The molecule has 0 spiro atoms. The smallest absolute Gasteiger partial charge is 0.454 e. The maximum atomic E-state index is 15.6. The van der Waals surface area contributed by atoms with Crippen molar-refractivity contribution in [1.29, 1.82) is 0 Å². The Morgan fingerprint density at radius 2 is 1.68 bits per heavy atom. The normalized spacial score (nSPS) is 21.4. The number of alkyl halides is 1. The lowest BCUT2D eigenvalue weighted by molar-refractivity contribution is 0.00209. The SMILES string of the molecule is O=C(Nc1ccn([C@@H]2S[C@H](COP(=O)(O)O)[C@@H](OC(=O)c3ccccc3)[C@@H]2F)c(=O)n1)c1ccccc1. The number of aromatic nitrogens is 2. The highest BCUT2D eigenvalue weighted by atomic mass is 32.2. The van der Waals surface area contributed by atoms with Gasteiger partial charge in [0.25, 0.3) is 5.91 Å². The number of nitrogens with zero attached hydrogens (tertiary/aromatic N) is 2. The number of anilines is 1. The van der Waals surface area contributed by atoms with Crippen LogP contribution < -0.4 is 11.0 Å². The van der Waals surface area contributed by atoms with Gasteiger partial charge in [0.1, 0.15) is 11.2 Å². The van der Waals surface area contributed by atoms with Crippen LogP contribution in [0, 0.1) is 0 Å². The summed E-state index contributed by atoms with van der Waals surface area (Å²) in [7, 11) is -4.90. The van der Waals surface area contributed by atoms with Crippen LogP contribution in [0.4, 0.5) is 10.2 Å². The summed E-state index contributed by atoms with van der Waals surface area (Å²) >= 11 is 0.804. The molecule has 194 valence electrons. The third-order valence-electron chi connectivity index (χ3n) is 5.31. The zero-order valence-corrected chi connectivity index (χ0v) is 20.6. The minimum atomic E-state index is -4.90. The molecule has 0 saturated carbocycles. The first kappa shape index (κ1) is 26.7. The summed E-state index contributed by atoms with van der Waals surface area (Å²) in [5.41, 5.74) is -0.398. The number of thioether (sulfide) groups is 1. The molecule has 4 rings (SSSR count). The number of phosphoric acid groups is 1. The fourth-order valence-electron chi connectivity index (χ4n) is 3.58. The van der Waals surface area contributed by atoms with Crippen molar-refractivity contribution in [2.75, 3.05) is 11.9 Å². The molecule has 1 amide bonds. The second-order valence-corrected chi connectivity index (χ2v) is 10.5. The molecule has 4 atom stereocenters. The Morgan fingerprint density at radius 1 is 1.05 bits per heavy atom. The van der Waals surface area contributed by atoms with Crippen molar-refractivity contribution in [1.82, 2.24) is 9.55 Å². The van der Waals surface area contributed by atoms with E-state index >= 15 is 4.39 Å². The maximum absolute atomic E-state index is 15.6. The third-order valence-corrected chi connectivity index (χ3v) is 7.31. The first-order chi connectivity index (χ1) is 17.6. The average molecular weight is 549 g/mol. The molecule has 1 fully saturated rings. The van der Waals surface area contributed by atoms with Gasteiger partial charge in [-0.1, -0.05) is 36.4 Å². The first-order valence-corrected chi connectivity index (χ1v) is 13.3. The van der Waals surface area contributed by atoms with Crippen molar-refractivity contribution in [3.63, 3.8) is 0 Å². The van der Waals surface area contributed by atoms with E-state index in [-0.39, 0.29) is 11.4 Å². The van der Waals surface area contributed by atoms with Gasteiger partial charge in [0.05, 0.1) is 17.4 Å². The van der Waals surface area contributed by atoms with Crippen molar-refractivity contribution >= 4 is 37.3 Å². The number of amides is 1. The molecule has 1 aliphatic heterocycles. The van der Waals surface area contributed by atoms with Crippen LogP contribution in [0.25, 0.3) is 0 Å². The lowest BCUT2D eigenvalue weighted by atomic mass is 10.1. The minimum Gasteiger partial charge on any atom is -0.454 e. The van der Waals surface area contributed by atoms with E-state index < -0.39 is 54.9 Å². The highest BCUT2D eigenvalue weighted by Crippen LogP contribution is 2.47. The van der Waals surface area contributed by atoms with Crippen LogP contribution in [0.1, 0.15) is 26.1 Å². The second-order valence-electron chi connectivity index (χ2n) is 7.85. The Hall–Kier alpha value is -3.35. The van der Waals surface area contributed by atoms with Crippen molar-refractivity contribution in [3.05, 3.63) is 94.5 Å². The average Bonchev–Trinajstić information content (AvgIpc) is 3.18. The number of hydrogen-bond acceptors (Lipinski definition) is 8. The Morgan fingerprint density at radius 3 is 2.27 bits per heavy atom. The summed E-state index contributed by atoms with van der Waals surface area (Å²) in [6.45, 7) is -0.647. The number of nitrogens with one attached hydrogen (secondary N) is 1. The fourth-order valence-corrected chi connectivity index (χ4v) is 5.50. The molecule has 0 unspecified atom stereocenters. The van der Waals surface area contributed by atoms with Gasteiger partial charge in [-0.15, -0.1) is 11.8 Å². The predicted molar refractivity (Wildman–Crippen MR) is 132 cm³/mol. The molecule has 1 aliphatic rings. The van der Waals surface area contributed by atoms with Crippen molar-refractivity contribution in [2.24, 2.45) is 0 Å². The van der Waals surface area contributed by atoms with Gasteiger partial charge < -0.3 is 19.8 Å². The van der Waals surface area contributed by atoms with Gasteiger partial charge in [0, 0.05) is 11.8 Å². The van der Waals surface area contributed by atoms with E-state index in [4.69, 9.17) is 14.5 Å². The van der Waals surface area contributed by atoms with Crippen LogP contribution in [0.2, 0.25) is 0 Å². The molecule has 3 N–H and O–H groups in total. The quantitative estimate of drug-likeness (QED) is 0.282. The molecule has 37 heavy (non-hydrogen) atoms. The lowest BCUT2D eigenvalue weighted by Crippen LogP contribution is -2.37. The Labute approximate surface area is 213 Å². The van der Waals surface area contributed by atoms with Gasteiger partial charge in [-0.05, 0) is 30.3 Å². The molecular formula is C23H21FN3O8PS. The fraction of sp³-hybridized carbons (Fsp3) is 0.217. The molecule has 1 aromatic heterocycles. The van der Waals surface area contributed by atoms with Gasteiger partial charge in [-0.2, -0.15) is 4.98 Å². The molecular weight excluding hydrogens is 528 g/mol. The minimum absolute atomic E-state index is 0.0538. The van der Waals surface area contributed by atoms with Crippen molar-refractivity contribution in [3.8, 4) is 0 Å². The summed E-state index contributed by atoms with van der Waals surface area (Å²) in [5, 5.41) is 0.184. The summed E-state index contributed by atoms with van der Waals surface area (Å²) in [6.07, 6.45) is -2.21. The number of carbonyl (C=O) groups is 2.